The number of carbonyl (C=O) groups excluding carboxylic acids is 1. The molecule has 1 heterocycles. The van der Waals surface area contributed by atoms with Crippen molar-refractivity contribution in [3.8, 4) is 0 Å². The molecule has 0 spiro atoms. The van der Waals surface area contributed by atoms with Crippen LogP contribution in [0.1, 0.15) is 0 Å². The van der Waals surface area contributed by atoms with Gasteiger partial charge in [0.15, 0.2) is 6.04 Å². The maximum Gasteiger partial charge on any atom is 0.332 e. The molecule has 3 nitrogen and oxygen atoms in total. The summed E-state index contributed by atoms with van der Waals surface area (Å²) in [5.74, 6) is -0.164. The Balaban J connectivity index is 2.02. The summed E-state index contributed by atoms with van der Waals surface area (Å²) < 4.78 is 4.89. The number of cyclic esters (lactones) is 1. The molecule has 90 valence electrons. The molecular formula is C15H13NO2. The van der Waals surface area contributed by atoms with Crippen LogP contribution in [0.2, 0.25) is 0 Å². The molecule has 0 N–H and O–H groups in total. The van der Waals surface area contributed by atoms with Crippen LogP contribution in [-0.2, 0) is 9.53 Å². The lowest BCUT2D eigenvalue weighted by Gasteiger charge is -2.37. The van der Waals surface area contributed by atoms with Crippen molar-refractivity contribution in [2.75, 3.05) is 11.5 Å². The van der Waals surface area contributed by atoms with E-state index in [0.717, 1.165) is 11.4 Å². The van der Waals surface area contributed by atoms with Gasteiger partial charge in [-0.1, -0.05) is 36.4 Å². The summed E-state index contributed by atoms with van der Waals surface area (Å²) in [6.07, 6.45) is 0. The van der Waals surface area contributed by atoms with Crippen LogP contribution < -0.4 is 4.90 Å². The van der Waals surface area contributed by atoms with E-state index in [0.29, 0.717) is 6.61 Å². The second kappa shape index (κ2) is 4.53. The summed E-state index contributed by atoms with van der Waals surface area (Å²) in [5.41, 5.74) is 2.01. The van der Waals surface area contributed by atoms with Gasteiger partial charge in [-0.2, -0.15) is 0 Å². The van der Waals surface area contributed by atoms with E-state index in [1.54, 1.807) is 0 Å². The van der Waals surface area contributed by atoms with Crippen molar-refractivity contribution in [3.63, 3.8) is 0 Å². The number of hydrogen-bond acceptors (Lipinski definition) is 3. The fraction of sp³-hybridized carbons (Fsp3) is 0.133. The molecule has 3 heteroatoms. The Bertz CT molecular complexity index is 499. The van der Waals surface area contributed by atoms with Gasteiger partial charge in [-0.25, -0.2) is 4.79 Å². The summed E-state index contributed by atoms with van der Waals surface area (Å²) in [5, 5.41) is 0. The van der Waals surface area contributed by atoms with E-state index in [-0.39, 0.29) is 12.0 Å². The molecule has 3 rings (SSSR count). The summed E-state index contributed by atoms with van der Waals surface area (Å²) in [7, 11) is 0. The minimum absolute atomic E-state index is 0.164. The van der Waals surface area contributed by atoms with Gasteiger partial charge in [-0.15, -0.1) is 0 Å². The van der Waals surface area contributed by atoms with Gasteiger partial charge in [0.05, 0.1) is 0 Å². The van der Waals surface area contributed by atoms with Crippen molar-refractivity contribution in [2.24, 2.45) is 0 Å². The predicted molar refractivity (Wildman–Crippen MR) is 69.8 cm³/mol. The molecule has 18 heavy (non-hydrogen) atoms. The molecule has 0 saturated carbocycles. The van der Waals surface area contributed by atoms with Gasteiger partial charge in [0, 0.05) is 11.4 Å². The summed E-state index contributed by atoms with van der Waals surface area (Å²) in [6, 6.07) is 19.6. The molecule has 1 unspecified atom stereocenters. The first-order chi connectivity index (χ1) is 8.86. The average molecular weight is 239 g/mol. The average Bonchev–Trinajstić information content (AvgIpc) is 2.45. The van der Waals surface area contributed by atoms with Gasteiger partial charge in [-0.05, 0) is 24.3 Å². The molecule has 1 fully saturated rings. The molecule has 1 atom stereocenters. The number of hydrogen-bond donors (Lipinski definition) is 0. The van der Waals surface area contributed by atoms with Crippen LogP contribution in [0.4, 0.5) is 11.4 Å². The Morgan fingerprint density at radius 3 is 1.72 bits per heavy atom. The van der Waals surface area contributed by atoms with Crippen LogP contribution in [0, 0.1) is 0 Å². The number of nitrogens with zero attached hydrogens (tertiary/aromatic N) is 1. The van der Waals surface area contributed by atoms with E-state index in [1.807, 2.05) is 65.6 Å². The third kappa shape index (κ3) is 1.84. The lowest BCUT2D eigenvalue weighted by atomic mass is 10.1. The highest BCUT2D eigenvalue weighted by Gasteiger charge is 2.37. The van der Waals surface area contributed by atoms with Crippen LogP contribution in [-0.4, -0.2) is 18.6 Å². The van der Waals surface area contributed by atoms with E-state index in [9.17, 15) is 4.79 Å². The van der Waals surface area contributed by atoms with E-state index >= 15 is 0 Å². The van der Waals surface area contributed by atoms with Crippen molar-refractivity contribution in [1.82, 2.24) is 0 Å². The number of carbonyl (C=O) groups is 1. The van der Waals surface area contributed by atoms with E-state index in [1.165, 1.54) is 0 Å². The van der Waals surface area contributed by atoms with Gasteiger partial charge in [0.2, 0.25) is 0 Å². The fourth-order valence-electron chi connectivity index (χ4n) is 2.09. The summed E-state index contributed by atoms with van der Waals surface area (Å²) >= 11 is 0. The molecule has 1 aliphatic rings. The lowest BCUT2D eigenvalue weighted by molar-refractivity contribution is -0.160. The standard InChI is InChI=1S/C15H13NO2/c17-15-14(11-18-15)16(12-7-3-1-4-8-12)13-9-5-2-6-10-13/h1-10,14H,11H2. The van der Waals surface area contributed by atoms with Crippen molar-refractivity contribution in [2.45, 2.75) is 6.04 Å². The third-order valence-corrected chi connectivity index (χ3v) is 3.04. The third-order valence-electron chi connectivity index (χ3n) is 3.04. The number of esters is 1. The van der Waals surface area contributed by atoms with E-state index < -0.39 is 0 Å². The number of anilines is 2. The highest BCUT2D eigenvalue weighted by atomic mass is 16.6. The first-order valence-corrected chi connectivity index (χ1v) is 5.92. The van der Waals surface area contributed by atoms with Crippen LogP contribution in [0.25, 0.3) is 0 Å². The van der Waals surface area contributed by atoms with Gasteiger partial charge < -0.3 is 9.64 Å². The van der Waals surface area contributed by atoms with E-state index in [4.69, 9.17) is 4.74 Å². The van der Waals surface area contributed by atoms with Crippen LogP contribution in [0.15, 0.2) is 60.7 Å². The monoisotopic (exact) mass is 239 g/mol. The SMILES string of the molecule is O=C1OCC1N(c1ccccc1)c1ccccc1. The Kier molecular flexibility index (Phi) is 2.73. The Hall–Kier alpha value is -2.29. The molecule has 0 radical (unpaired) electrons. The van der Waals surface area contributed by atoms with Gasteiger partial charge in [-0.3, -0.25) is 0 Å². The van der Waals surface area contributed by atoms with Gasteiger partial charge >= 0.3 is 5.97 Å². The topological polar surface area (TPSA) is 29.5 Å². The molecule has 2 aromatic carbocycles. The zero-order chi connectivity index (χ0) is 12.4. The van der Waals surface area contributed by atoms with E-state index in [2.05, 4.69) is 0 Å². The minimum atomic E-state index is -0.213. The highest BCUT2D eigenvalue weighted by Crippen LogP contribution is 2.30. The molecule has 0 bridgehead atoms. The van der Waals surface area contributed by atoms with Crippen molar-refractivity contribution in [1.29, 1.82) is 0 Å². The highest BCUT2D eigenvalue weighted by molar-refractivity contribution is 5.88. The fourth-order valence-corrected chi connectivity index (χ4v) is 2.09. The number of para-hydroxylation sites is 2. The van der Waals surface area contributed by atoms with Crippen LogP contribution >= 0.6 is 0 Å². The maximum atomic E-state index is 11.6. The second-order valence-corrected chi connectivity index (χ2v) is 4.19. The zero-order valence-corrected chi connectivity index (χ0v) is 9.82. The quantitative estimate of drug-likeness (QED) is 0.771. The summed E-state index contributed by atoms with van der Waals surface area (Å²) in [6.45, 7) is 0.447. The molecule has 2 aromatic rings. The molecule has 0 amide bonds. The predicted octanol–water partition coefficient (Wildman–Crippen LogP) is 2.75. The van der Waals surface area contributed by atoms with Gasteiger partial charge in [0.25, 0.3) is 0 Å². The summed E-state index contributed by atoms with van der Waals surface area (Å²) in [4.78, 5) is 13.6. The Morgan fingerprint density at radius 1 is 0.889 bits per heavy atom. The first kappa shape index (κ1) is 10.8. The normalized spacial score (nSPS) is 17.8. The van der Waals surface area contributed by atoms with Crippen molar-refractivity contribution < 1.29 is 9.53 Å². The van der Waals surface area contributed by atoms with Crippen LogP contribution in [0.5, 0.6) is 0 Å². The Labute approximate surface area is 106 Å². The minimum Gasteiger partial charge on any atom is -0.461 e. The first-order valence-electron chi connectivity index (χ1n) is 5.92. The molecular weight excluding hydrogens is 226 g/mol. The largest absolute Gasteiger partial charge is 0.461 e. The number of rotatable bonds is 3. The molecule has 0 aromatic heterocycles. The molecule has 1 saturated heterocycles. The Morgan fingerprint density at radius 2 is 1.39 bits per heavy atom. The van der Waals surface area contributed by atoms with Gasteiger partial charge in [0.1, 0.15) is 6.61 Å². The van der Waals surface area contributed by atoms with Crippen molar-refractivity contribution >= 4 is 17.3 Å². The smallest absolute Gasteiger partial charge is 0.332 e. The number of benzene rings is 2. The second-order valence-electron chi connectivity index (χ2n) is 4.19. The zero-order valence-electron chi connectivity index (χ0n) is 9.82. The van der Waals surface area contributed by atoms with Crippen molar-refractivity contribution in [3.05, 3.63) is 60.7 Å². The lowest BCUT2D eigenvalue weighted by Crippen LogP contribution is -2.51. The molecule has 1 aliphatic heterocycles. The molecule has 0 aliphatic carbocycles. The number of ether oxygens (including phenoxy) is 1. The van der Waals surface area contributed by atoms with Crippen LogP contribution in [0.3, 0.4) is 0 Å². The maximum absolute atomic E-state index is 11.6.